The number of benzene rings is 1. The maximum atomic E-state index is 12.5. The maximum absolute atomic E-state index is 12.5. The van der Waals surface area contributed by atoms with Crippen LogP contribution in [0.25, 0.3) is 0 Å². The Hall–Kier alpha value is -1.89. The number of methoxy groups -OCH3 is 1. The molecule has 23 heavy (non-hydrogen) atoms. The molecule has 1 aliphatic heterocycles. The first kappa shape index (κ1) is 17.5. The minimum atomic E-state index is -2.85. The van der Waals surface area contributed by atoms with Crippen LogP contribution in [0.3, 0.4) is 0 Å². The average Bonchev–Trinajstić information content (AvgIpc) is 2.95. The normalized spacial score (nSPS) is 17.6. The number of hydrogen-bond acceptors (Lipinski definition) is 4. The molecule has 0 radical (unpaired) electrons. The van der Waals surface area contributed by atoms with Gasteiger partial charge in [0, 0.05) is 39.3 Å². The highest BCUT2D eigenvalue weighted by atomic mass is 19.3. The fourth-order valence-corrected chi connectivity index (χ4v) is 2.69. The molecule has 0 aromatic heterocycles. The molecule has 0 aliphatic carbocycles. The second-order valence-electron chi connectivity index (χ2n) is 5.44. The molecule has 0 bridgehead atoms. The lowest BCUT2D eigenvalue weighted by molar-refractivity contribution is -0.121. The van der Waals surface area contributed by atoms with Gasteiger partial charge in [-0.05, 0) is 25.0 Å². The summed E-state index contributed by atoms with van der Waals surface area (Å²) >= 11 is 0. The van der Waals surface area contributed by atoms with E-state index in [9.17, 15) is 13.6 Å². The van der Waals surface area contributed by atoms with Crippen LogP contribution in [0, 0.1) is 0 Å². The zero-order valence-electron chi connectivity index (χ0n) is 13.1. The van der Waals surface area contributed by atoms with Crippen LogP contribution in [0.5, 0.6) is 5.75 Å². The minimum Gasteiger partial charge on any atom is -0.433 e. The topological polar surface area (TPSA) is 50.8 Å². The molecule has 1 aromatic carbocycles. The lowest BCUT2D eigenvalue weighted by Gasteiger charge is -2.22. The zero-order valence-corrected chi connectivity index (χ0v) is 13.1. The molecule has 128 valence electrons. The third-order valence-electron chi connectivity index (χ3n) is 3.73. The van der Waals surface area contributed by atoms with Crippen molar-refractivity contribution in [2.45, 2.75) is 31.9 Å². The van der Waals surface area contributed by atoms with Gasteiger partial charge in [-0.15, -0.1) is 0 Å². The van der Waals surface area contributed by atoms with Crippen molar-refractivity contribution in [2.24, 2.45) is 0 Å². The van der Waals surface area contributed by atoms with Gasteiger partial charge in [0.1, 0.15) is 5.75 Å². The quantitative estimate of drug-likeness (QED) is 0.745. The monoisotopic (exact) mass is 328 g/mol. The van der Waals surface area contributed by atoms with E-state index in [0.29, 0.717) is 38.2 Å². The number of carbonyl (C=O) groups excluding carboxylic acids is 1. The van der Waals surface area contributed by atoms with Gasteiger partial charge in [0.15, 0.2) is 0 Å². The number of ether oxygens (including phenoxy) is 2. The highest BCUT2D eigenvalue weighted by Gasteiger charge is 2.26. The van der Waals surface area contributed by atoms with Gasteiger partial charge in [0.25, 0.3) is 0 Å². The van der Waals surface area contributed by atoms with Crippen molar-refractivity contribution in [2.75, 3.05) is 31.7 Å². The van der Waals surface area contributed by atoms with Crippen LogP contribution < -0.4 is 15.0 Å². The van der Waals surface area contributed by atoms with Crippen LogP contribution in [-0.2, 0) is 9.53 Å². The summed E-state index contributed by atoms with van der Waals surface area (Å²) in [6.45, 7) is -1.02. The first-order valence-electron chi connectivity index (χ1n) is 7.67. The molecule has 0 saturated carbocycles. The fraction of sp³-hybridized carbons (Fsp3) is 0.562. The first-order valence-corrected chi connectivity index (χ1v) is 7.67. The predicted octanol–water partition coefficient (Wildman–Crippen LogP) is 2.41. The number of nitrogens with zero attached hydrogens (tertiary/aromatic N) is 1. The van der Waals surface area contributed by atoms with Crippen molar-refractivity contribution in [3.05, 3.63) is 24.3 Å². The van der Waals surface area contributed by atoms with Gasteiger partial charge >= 0.3 is 6.61 Å². The van der Waals surface area contributed by atoms with Crippen molar-refractivity contribution in [3.63, 3.8) is 0 Å². The SMILES string of the molecule is COCCCC(=O)N[C@@H]1CCN(c2ccccc2OC(F)F)C1. The highest BCUT2D eigenvalue weighted by molar-refractivity contribution is 5.76. The summed E-state index contributed by atoms with van der Waals surface area (Å²) in [5, 5.41) is 2.97. The molecule has 1 atom stereocenters. The Morgan fingerprint density at radius 2 is 2.22 bits per heavy atom. The second kappa shape index (κ2) is 8.67. The Bertz CT molecular complexity index is 514. The Morgan fingerprint density at radius 3 is 2.96 bits per heavy atom. The Labute approximate surface area is 134 Å². The van der Waals surface area contributed by atoms with Crippen molar-refractivity contribution in [1.82, 2.24) is 5.32 Å². The zero-order chi connectivity index (χ0) is 16.7. The molecule has 1 heterocycles. The van der Waals surface area contributed by atoms with E-state index in [0.717, 1.165) is 6.42 Å². The molecular weight excluding hydrogens is 306 g/mol. The molecule has 0 spiro atoms. The van der Waals surface area contributed by atoms with Gasteiger partial charge in [0.2, 0.25) is 5.91 Å². The van der Waals surface area contributed by atoms with Crippen molar-refractivity contribution < 1.29 is 23.0 Å². The van der Waals surface area contributed by atoms with Crippen LogP contribution in [0.15, 0.2) is 24.3 Å². The summed E-state index contributed by atoms with van der Waals surface area (Å²) < 4.78 is 34.4. The van der Waals surface area contributed by atoms with E-state index in [4.69, 9.17) is 4.74 Å². The molecular formula is C16H22F2N2O3. The molecule has 0 unspecified atom stereocenters. The van der Waals surface area contributed by atoms with Crippen molar-refractivity contribution >= 4 is 11.6 Å². The minimum absolute atomic E-state index is 0.00832. The molecule has 1 aromatic rings. The van der Waals surface area contributed by atoms with Crippen molar-refractivity contribution in [3.8, 4) is 5.75 Å². The fourth-order valence-electron chi connectivity index (χ4n) is 2.69. The highest BCUT2D eigenvalue weighted by Crippen LogP contribution is 2.31. The number of anilines is 1. The average molecular weight is 328 g/mol. The number of halogens is 2. The number of carbonyl (C=O) groups is 1. The van der Waals surface area contributed by atoms with Gasteiger partial charge in [-0.25, -0.2) is 0 Å². The molecule has 1 N–H and O–H groups in total. The van der Waals surface area contributed by atoms with E-state index in [1.165, 1.54) is 6.07 Å². The number of rotatable bonds is 8. The maximum Gasteiger partial charge on any atom is 0.387 e. The van der Waals surface area contributed by atoms with Crippen LogP contribution in [-0.4, -0.2) is 45.4 Å². The summed E-state index contributed by atoms with van der Waals surface area (Å²) in [6.07, 6.45) is 1.89. The van der Waals surface area contributed by atoms with E-state index >= 15 is 0 Å². The Kier molecular flexibility index (Phi) is 6.58. The van der Waals surface area contributed by atoms with Crippen LogP contribution in [0.1, 0.15) is 19.3 Å². The first-order chi connectivity index (χ1) is 11.1. The molecule has 5 nitrogen and oxygen atoms in total. The molecule has 1 aliphatic rings. The van der Waals surface area contributed by atoms with Crippen LogP contribution in [0.4, 0.5) is 14.5 Å². The largest absolute Gasteiger partial charge is 0.433 e. The van der Waals surface area contributed by atoms with Crippen LogP contribution >= 0.6 is 0 Å². The second-order valence-corrected chi connectivity index (χ2v) is 5.44. The number of para-hydroxylation sites is 2. The smallest absolute Gasteiger partial charge is 0.387 e. The number of amides is 1. The lowest BCUT2D eigenvalue weighted by Crippen LogP contribution is -2.37. The van der Waals surface area contributed by atoms with E-state index in [1.54, 1.807) is 25.3 Å². The van der Waals surface area contributed by atoms with E-state index in [-0.39, 0.29) is 17.7 Å². The van der Waals surface area contributed by atoms with E-state index < -0.39 is 6.61 Å². The van der Waals surface area contributed by atoms with Gasteiger partial charge in [0.05, 0.1) is 5.69 Å². The number of alkyl halides is 2. The molecule has 7 heteroatoms. The van der Waals surface area contributed by atoms with Gasteiger partial charge in [-0.3, -0.25) is 4.79 Å². The van der Waals surface area contributed by atoms with Gasteiger partial charge < -0.3 is 19.7 Å². The summed E-state index contributed by atoms with van der Waals surface area (Å²) in [6, 6.07) is 6.74. The lowest BCUT2D eigenvalue weighted by atomic mass is 10.2. The number of hydrogen-bond donors (Lipinski definition) is 1. The Morgan fingerprint density at radius 1 is 1.43 bits per heavy atom. The predicted molar refractivity (Wildman–Crippen MR) is 82.9 cm³/mol. The van der Waals surface area contributed by atoms with Crippen LogP contribution in [0.2, 0.25) is 0 Å². The summed E-state index contributed by atoms with van der Waals surface area (Å²) in [7, 11) is 1.60. The molecule has 2 rings (SSSR count). The van der Waals surface area contributed by atoms with Crippen molar-refractivity contribution in [1.29, 1.82) is 0 Å². The van der Waals surface area contributed by atoms with E-state index in [1.807, 2.05) is 4.90 Å². The molecule has 1 fully saturated rings. The van der Waals surface area contributed by atoms with E-state index in [2.05, 4.69) is 10.1 Å². The third-order valence-corrected chi connectivity index (χ3v) is 3.73. The van der Waals surface area contributed by atoms with Gasteiger partial charge in [-0.1, -0.05) is 12.1 Å². The summed E-state index contributed by atoms with van der Waals surface area (Å²) in [5.41, 5.74) is 0.629. The summed E-state index contributed by atoms with van der Waals surface area (Å²) in [5.74, 6) is 0.153. The number of nitrogens with one attached hydrogen (secondary N) is 1. The molecule has 1 saturated heterocycles. The summed E-state index contributed by atoms with van der Waals surface area (Å²) in [4.78, 5) is 13.8. The third kappa shape index (κ3) is 5.35. The molecule has 1 amide bonds. The standard InChI is InChI=1S/C16H22F2N2O3/c1-22-10-4-7-15(21)19-12-8-9-20(11-12)13-5-2-3-6-14(13)23-16(17)18/h2-3,5-6,12,16H,4,7-11H2,1H3,(H,19,21)/t12-/m1/s1. The van der Waals surface area contributed by atoms with Gasteiger partial charge in [-0.2, -0.15) is 8.78 Å². The Balaban J connectivity index is 1.89.